The number of non-ortho nitro benzene ring substituents is 1. The zero-order valence-electron chi connectivity index (χ0n) is 13.5. The predicted molar refractivity (Wildman–Crippen MR) is 89.4 cm³/mol. The van der Waals surface area contributed by atoms with Gasteiger partial charge in [-0.2, -0.15) is 5.10 Å². The quantitative estimate of drug-likeness (QED) is 0.523. The average Bonchev–Trinajstić information content (AvgIpc) is 2.53. The van der Waals surface area contributed by atoms with E-state index in [9.17, 15) is 14.9 Å². The Kier molecular flexibility index (Phi) is 3.62. The molecule has 24 heavy (non-hydrogen) atoms. The maximum atomic E-state index is 12.7. The van der Waals surface area contributed by atoms with E-state index < -0.39 is 4.92 Å². The highest BCUT2D eigenvalue weighted by Gasteiger charge is 2.54. The molecule has 0 aromatic heterocycles. The summed E-state index contributed by atoms with van der Waals surface area (Å²) in [6.45, 7) is 0. The molecule has 0 unspecified atom stereocenters. The van der Waals surface area contributed by atoms with Crippen LogP contribution in [0, 0.1) is 33.3 Å². The van der Waals surface area contributed by atoms with Crippen LogP contribution in [0.2, 0.25) is 0 Å². The first-order chi connectivity index (χ1) is 11.5. The molecule has 0 spiro atoms. The molecule has 4 bridgehead atoms. The van der Waals surface area contributed by atoms with E-state index in [0.717, 1.165) is 19.3 Å². The predicted octanol–water partition coefficient (Wildman–Crippen LogP) is 3.26. The number of carbonyl (C=O) groups excluding carboxylic acids is 1. The van der Waals surface area contributed by atoms with Gasteiger partial charge in [-0.25, -0.2) is 5.43 Å². The molecule has 0 radical (unpaired) electrons. The summed E-state index contributed by atoms with van der Waals surface area (Å²) in [6, 6.07) is 6.22. The van der Waals surface area contributed by atoms with Crippen molar-refractivity contribution in [3.8, 4) is 0 Å². The van der Waals surface area contributed by atoms with Crippen molar-refractivity contribution in [1.29, 1.82) is 0 Å². The lowest BCUT2D eigenvalue weighted by Crippen LogP contribution is -2.52. The van der Waals surface area contributed by atoms with Gasteiger partial charge in [0.25, 0.3) is 5.69 Å². The van der Waals surface area contributed by atoms with Gasteiger partial charge < -0.3 is 0 Å². The highest BCUT2D eigenvalue weighted by molar-refractivity contribution is 5.86. The molecule has 5 rings (SSSR count). The number of amides is 1. The third-order valence-electron chi connectivity index (χ3n) is 5.98. The minimum atomic E-state index is -0.439. The van der Waals surface area contributed by atoms with Gasteiger partial charge in [-0.05, 0) is 56.3 Å². The summed E-state index contributed by atoms with van der Waals surface area (Å²) in [5.41, 5.74) is 3.10. The van der Waals surface area contributed by atoms with Gasteiger partial charge in [0.2, 0.25) is 5.91 Å². The second-order valence-corrected chi connectivity index (χ2v) is 7.75. The highest BCUT2D eigenvalue weighted by Crippen LogP contribution is 2.60. The zero-order valence-corrected chi connectivity index (χ0v) is 13.5. The summed E-state index contributed by atoms with van der Waals surface area (Å²) in [6.07, 6.45) is 8.35. The minimum absolute atomic E-state index is 0.0198. The average molecular weight is 327 g/mol. The molecular weight excluding hydrogens is 306 g/mol. The van der Waals surface area contributed by atoms with Crippen molar-refractivity contribution in [2.75, 3.05) is 0 Å². The van der Waals surface area contributed by atoms with E-state index in [0.29, 0.717) is 23.3 Å². The summed E-state index contributed by atoms with van der Waals surface area (Å²) in [7, 11) is 0. The van der Waals surface area contributed by atoms with Crippen LogP contribution in [-0.2, 0) is 4.79 Å². The highest BCUT2D eigenvalue weighted by atomic mass is 16.6. The fourth-order valence-corrected chi connectivity index (χ4v) is 5.39. The van der Waals surface area contributed by atoms with Crippen molar-refractivity contribution in [3.63, 3.8) is 0 Å². The van der Waals surface area contributed by atoms with Gasteiger partial charge in [-0.3, -0.25) is 14.9 Å². The van der Waals surface area contributed by atoms with E-state index in [2.05, 4.69) is 10.5 Å². The number of nitro benzene ring substituents is 1. The van der Waals surface area contributed by atoms with E-state index in [1.165, 1.54) is 37.6 Å². The van der Waals surface area contributed by atoms with Crippen LogP contribution in [-0.4, -0.2) is 17.0 Å². The molecule has 6 nitrogen and oxygen atoms in total. The molecule has 0 atom stereocenters. The Hall–Kier alpha value is -2.24. The smallest absolute Gasteiger partial charge is 0.270 e. The number of nitrogens with zero attached hydrogens (tertiary/aromatic N) is 2. The summed E-state index contributed by atoms with van der Waals surface area (Å²) in [5, 5.41) is 14.8. The molecule has 1 aromatic carbocycles. The number of rotatable bonds is 4. The second-order valence-electron chi connectivity index (χ2n) is 7.75. The van der Waals surface area contributed by atoms with Gasteiger partial charge in [-0.15, -0.1) is 0 Å². The fraction of sp³-hybridized carbons (Fsp3) is 0.556. The summed E-state index contributed by atoms with van der Waals surface area (Å²) in [4.78, 5) is 23.1. The maximum Gasteiger partial charge on any atom is 0.270 e. The van der Waals surface area contributed by atoms with E-state index in [-0.39, 0.29) is 17.0 Å². The molecule has 1 amide bonds. The second kappa shape index (κ2) is 5.69. The lowest BCUT2D eigenvalue weighted by atomic mass is 9.49. The monoisotopic (exact) mass is 327 g/mol. The zero-order chi connectivity index (χ0) is 16.7. The molecule has 4 aliphatic rings. The Labute approximate surface area is 140 Å². The van der Waals surface area contributed by atoms with Crippen LogP contribution in [0.4, 0.5) is 5.69 Å². The topological polar surface area (TPSA) is 84.6 Å². The van der Waals surface area contributed by atoms with Gasteiger partial charge >= 0.3 is 0 Å². The number of carbonyl (C=O) groups is 1. The standard InChI is InChI=1S/C18H21N3O3/c22-17(18-8-13-4-14(9-18)6-15(5-13)10-18)20-19-11-12-2-1-3-16(7-12)21(23)24/h1-3,7,11,13-15H,4-6,8-10H2,(H,20,22). The van der Waals surface area contributed by atoms with Crippen molar-refractivity contribution in [2.45, 2.75) is 38.5 Å². The van der Waals surface area contributed by atoms with Crippen LogP contribution < -0.4 is 5.43 Å². The fourth-order valence-electron chi connectivity index (χ4n) is 5.39. The molecule has 4 aliphatic carbocycles. The first kappa shape index (κ1) is 15.3. The largest absolute Gasteiger partial charge is 0.273 e. The molecule has 1 aromatic rings. The normalized spacial score (nSPS) is 33.8. The molecule has 6 heteroatoms. The number of nitro groups is 1. The summed E-state index contributed by atoms with van der Waals surface area (Å²) < 4.78 is 0. The number of hydrogen-bond acceptors (Lipinski definition) is 4. The van der Waals surface area contributed by atoms with Crippen LogP contribution >= 0.6 is 0 Å². The number of benzene rings is 1. The summed E-state index contributed by atoms with van der Waals surface area (Å²) in [5.74, 6) is 2.16. The van der Waals surface area contributed by atoms with Crippen molar-refractivity contribution in [2.24, 2.45) is 28.3 Å². The number of nitrogens with one attached hydrogen (secondary N) is 1. The molecule has 4 fully saturated rings. The molecular formula is C18H21N3O3. The Balaban J connectivity index is 1.43. The van der Waals surface area contributed by atoms with E-state index in [4.69, 9.17) is 0 Å². The van der Waals surface area contributed by atoms with Gasteiger partial charge in [-0.1, -0.05) is 12.1 Å². The minimum Gasteiger partial charge on any atom is -0.273 e. The Morgan fingerprint density at radius 3 is 2.42 bits per heavy atom. The number of hydrogen-bond donors (Lipinski definition) is 1. The third kappa shape index (κ3) is 2.70. The SMILES string of the molecule is O=C(NN=Cc1cccc([N+](=O)[O-])c1)C12CC3CC(CC(C3)C1)C2. The van der Waals surface area contributed by atoms with E-state index >= 15 is 0 Å². The van der Waals surface area contributed by atoms with Crippen molar-refractivity contribution < 1.29 is 9.72 Å². The van der Waals surface area contributed by atoms with Crippen LogP contribution in [0.25, 0.3) is 0 Å². The molecule has 4 saturated carbocycles. The Morgan fingerprint density at radius 2 is 1.83 bits per heavy atom. The third-order valence-corrected chi connectivity index (χ3v) is 5.98. The van der Waals surface area contributed by atoms with Gasteiger partial charge in [0.15, 0.2) is 0 Å². The molecule has 0 heterocycles. The van der Waals surface area contributed by atoms with Gasteiger partial charge in [0, 0.05) is 17.7 Å². The lowest BCUT2D eigenvalue weighted by Gasteiger charge is -2.55. The summed E-state index contributed by atoms with van der Waals surface area (Å²) >= 11 is 0. The molecule has 1 N–H and O–H groups in total. The first-order valence-corrected chi connectivity index (χ1v) is 8.62. The lowest BCUT2D eigenvalue weighted by molar-refractivity contribution is -0.384. The van der Waals surface area contributed by atoms with Crippen LogP contribution in [0.3, 0.4) is 0 Å². The van der Waals surface area contributed by atoms with Crippen LogP contribution in [0.5, 0.6) is 0 Å². The van der Waals surface area contributed by atoms with Crippen molar-refractivity contribution in [3.05, 3.63) is 39.9 Å². The molecule has 0 aliphatic heterocycles. The maximum absolute atomic E-state index is 12.7. The molecule has 126 valence electrons. The van der Waals surface area contributed by atoms with E-state index in [1.807, 2.05) is 0 Å². The van der Waals surface area contributed by atoms with E-state index in [1.54, 1.807) is 12.1 Å². The van der Waals surface area contributed by atoms with Crippen molar-refractivity contribution in [1.82, 2.24) is 5.43 Å². The number of hydrazone groups is 1. The van der Waals surface area contributed by atoms with Gasteiger partial charge in [0.1, 0.15) is 0 Å². The Morgan fingerprint density at radius 1 is 1.21 bits per heavy atom. The van der Waals surface area contributed by atoms with Crippen LogP contribution in [0.15, 0.2) is 29.4 Å². The van der Waals surface area contributed by atoms with Crippen molar-refractivity contribution >= 4 is 17.8 Å². The first-order valence-electron chi connectivity index (χ1n) is 8.62. The van der Waals surface area contributed by atoms with Gasteiger partial charge in [0.05, 0.1) is 16.6 Å². The molecule has 0 saturated heterocycles. The Bertz CT molecular complexity index is 678. The van der Waals surface area contributed by atoms with Crippen LogP contribution in [0.1, 0.15) is 44.1 Å².